The number of carbonyl (C=O) groups is 2. The van der Waals surface area contributed by atoms with Gasteiger partial charge in [0.2, 0.25) is 11.8 Å². The van der Waals surface area contributed by atoms with Crippen molar-refractivity contribution < 1.29 is 9.59 Å². The number of nitrogens with zero attached hydrogens (tertiary/aromatic N) is 5. The standard InChI is InChI=1S/C18H28N6O2/c1-2-5-24-12-16(10-17(24)25)18(26)19-11-15-3-6-22(7-4-15)8-9-23-13-20-21-14-23/h2,13-16H,1,3-12H2,(H,19,26). The maximum absolute atomic E-state index is 12.3. The summed E-state index contributed by atoms with van der Waals surface area (Å²) in [6.45, 7) is 9.42. The summed E-state index contributed by atoms with van der Waals surface area (Å²) in [6.07, 6.45) is 7.69. The highest BCUT2D eigenvalue weighted by atomic mass is 16.2. The van der Waals surface area contributed by atoms with E-state index >= 15 is 0 Å². The second-order valence-electron chi connectivity index (χ2n) is 7.22. The first-order chi connectivity index (χ1) is 12.7. The molecule has 3 heterocycles. The Morgan fingerprint density at radius 2 is 2.00 bits per heavy atom. The Bertz CT molecular complexity index is 609. The molecule has 1 aromatic rings. The van der Waals surface area contributed by atoms with E-state index < -0.39 is 0 Å². The lowest BCUT2D eigenvalue weighted by molar-refractivity contribution is -0.128. The number of carbonyl (C=O) groups excluding carboxylic acids is 2. The number of nitrogens with one attached hydrogen (secondary N) is 1. The molecule has 0 aliphatic carbocycles. The molecule has 142 valence electrons. The maximum Gasteiger partial charge on any atom is 0.225 e. The zero-order valence-corrected chi connectivity index (χ0v) is 15.2. The zero-order valence-electron chi connectivity index (χ0n) is 15.2. The van der Waals surface area contributed by atoms with Crippen molar-refractivity contribution in [2.45, 2.75) is 25.8 Å². The monoisotopic (exact) mass is 360 g/mol. The van der Waals surface area contributed by atoms with Gasteiger partial charge in [-0.15, -0.1) is 16.8 Å². The SMILES string of the molecule is C=CCN1CC(C(=O)NCC2CCN(CCn3cnnc3)CC2)CC1=O. The first-order valence-electron chi connectivity index (χ1n) is 9.37. The molecule has 2 saturated heterocycles. The van der Waals surface area contributed by atoms with Crippen LogP contribution in [-0.2, 0) is 16.1 Å². The van der Waals surface area contributed by atoms with Gasteiger partial charge in [0.05, 0.1) is 5.92 Å². The minimum Gasteiger partial charge on any atom is -0.356 e. The number of aromatic nitrogens is 3. The normalized spacial score (nSPS) is 21.9. The van der Waals surface area contributed by atoms with Gasteiger partial charge in [-0.25, -0.2) is 0 Å². The molecule has 1 N–H and O–H groups in total. The van der Waals surface area contributed by atoms with Gasteiger partial charge in [0.1, 0.15) is 12.7 Å². The Labute approximate surface area is 154 Å². The van der Waals surface area contributed by atoms with Gasteiger partial charge in [-0.3, -0.25) is 9.59 Å². The minimum absolute atomic E-state index is 0.0138. The van der Waals surface area contributed by atoms with E-state index in [1.807, 2.05) is 4.57 Å². The number of amides is 2. The van der Waals surface area contributed by atoms with Gasteiger partial charge >= 0.3 is 0 Å². The second-order valence-corrected chi connectivity index (χ2v) is 7.22. The molecule has 2 fully saturated rings. The van der Waals surface area contributed by atoms with Crippen LogP contribution in [0.2, 0.25) is 0 Å². The third-order valence-corrected chi connectivity index (χ3v) is 5.35. The van der Waals surface area contributed by atoms with E-state index in [-0.39, 0.29) is 17.7 Å². The molecule has 3 rings (SSSR count). The van der Waals surface area contributed by atoms with Crippen LogP contribution in [0.3, 0.4) is 0 Å². The molecular formula is C18H28N6O2. The highest BCUT2D eigenvalue weighted by molar-refractivity contribution is 5.89. The zero-order chi connectivity index (χ0) is 18.4. The quantitative estimate of drug-likeness (QED) is 0.667. The lowest BCUT2D eigenvalue weighted by Gasteiger charge is -2.32. The number of likely N-dealkylation sites (tertiary alicyclic amines) is 2. The summed E-state index contributed by atoms with van der Waals surface area (Å²) in [7, 11) is 0. The predicted molar refractivity (Wildman–Crippen MR) is 97.1 cm³/mol. The Hall–Kier alpha value is -2.22. The molecule has 0 radical (unpaired) electrons. The summed E-state index contributed by atoms with van der Waals surface area (Å²) < 4.78 is 1.99. The van der Waals surface area contributed by atoms with Crippen LogP contribution in [0.25, 0.3) is 0 Å². The van der Waals surface area contributed by atoms with Gasteiger partial charge in [-0.2, -0.15) is 0 Å². The number of hydrogen-bond acceptors (Lipinski definition) is 5. The summed E-state index contributed by atoms with van der Waals surface area (Å²) in [5.74, 6) is 0.365. The average Bonchev–Trinajstić information content (AvgIpc) is 3.29. The van der Waals surface area contributed by atoms with Gasteiger partial charge in [0.15, 0.2) is 0 Å². The van der Waals surface area contributed by atoms with Crippen LogP contribution in [0.4, 0.5) is 0 Å². The van der Waals surface area contributed by atoms with Crippen molar-refractivity contribution in [1.29, 1.82) is 0 Å². The van der Waals surface area contributed by atoms with Crippen LogP contribution < -0.4 is 5.32 Å². The largest absolute Gasteiger partial charge is 0.356 e. The number of hydrogen-bond donors (Lipinski definition) is 1. The second kappa shape index (κ2) is 8.93. The van der Waals surface area contributed by atoms with Crippen LogP contribution in [-0.4, -0.2) is 75.6 Å². The van der Waals surface area contributed by atoms with Crippen molar-refractivity contribution in [3.05, 3.63) is 25.3 Å². The summed E-state index contributed by atoms with van der Waals surface area (Å²) in [5.41, 5.74) is 0. The molecule has 0 aromatic carbocycles. The molecule has 26 heavy (non-hydrogen) atoms. The highest BCUT2D eigenvalue weighted by Gasteiger charge is 2.33. The molecule has 0 saturated carbocycles. The Balaban J connectivity index is 1.33. The summed E-state index contributed by atoms with van der Waals surface area (Å²) in [4.78, 5) is 28.3. The maximum atomic E-state index is 12.3. The number of piperidine rings is 1. The van der Waals surface area contributed by atoms with Crippen molar-refractivity contribution in [2.75, 3.05) is 39.3 Å². The van der Waals surface area contributed by atoms with E-state index in [0.29, 0.717) is 32.0 Å². The third-order valence-electron chi connectivity index (χ3n) is 5.35. The molecule has 1 atom stereocenters. The van der Waals surface area contributed by atoms with Crippen LogP contribution >= 0.6 is 0 Å². The van der Waals surface area contributed by atoms with Gasteiger partial charge in [-0.1, -0.05) is 6.08 Å². The first kappa shape index (κ1) is 18.6. The predicted octanol–water partition coefficient (Wildman–Crippen LogP) is 0.141. The van der Waals surface area contributed by atoms with Gasteiger partial charge in [0.25, 0.3) is 0 Å². The summed E-state index contributed by atoms with van der Waals surface area (Å²) in [6, 6.07) is 0. The molecule has 1 unspecified atom stereocenters. The van der Waals surface area contributed by atoms with Crippen LogP contribution in [0, 0.1) is 11.8 Å². The van der Waals surface area contributed by atoms with Crippen LogP contribution in [0.15, 0.2) is 25.3 Å². The average molecular weight is 360 g/mol. The molecular weight excluding hydrogens is 332 g/mol. The molecule has 0 spiro atoms. The fourth-order valence-corrected chi connectivity index (χ4v) is 3.68. The van der Waals surface area contributed by atoms with E-state index in [9.17, 15) is 9.59 Å². The van der Waals surface area contributed by atoms with Gasteiger partial charge < -0.3 is 19.7 Å². The Kier molecular flexibility index (Phi) is 6.38. The van der Waals surface area contributed by atoms with Gasteiger partial charge in [0, 0.05) is 39.1 Å². The molecule has 2 aliphatic rings. The van der Waals surface area contributed by atoms with E-state index in [2.05, 4.69) is 27.0 Å². The van der Waals surface area contributed by atoms with Crippen LogP contribution in [0.1, 0.15) is 19.3 Å². The highest BCUT2D eigenvalue weighted by Crippen LogP contribution is 2.19. The fraction of sp³-hybridized carbons (Fsp3) is 0.667. The number of rotatable bonds is 8. The Morgan fingerprint density at radius 3 is 2.69 bits per heavy atom. The molecule has 0 bridgehead atoms. The van der Waals surface area contributed by atoms with Crippen LogP contribution in [0.5, 0.6) is 0 Å². The molecule has 2 aliphatic heterocycles. The topological polar surface area (TPSA) is 83.4 Å². The summed E-state index contributed by atoms with van der Waals surface area (Å²) >= 11 is 0. The molecule has 8 heteroatoms. The molecule has 1 aromatic heterocycles. The Morgan fingerprint density at radius 1 is 1.27 bits per heavy atom. The minimum atomic E-state index is -0.216. The smallest absolute Gasteiger partial charge is 0.225 e. The van der Waals surface area contributed by atoms with Crippen molar-refractivity contribution in [1.82, 2.24) is 29.9 Å². The molecule has 8 nitrogen and oxygen atoms in total. The molecule has 2 amide bonds. The summed E-state index contributed by atoms with van der Waals surface area (Å²) in [5, 5.41) is 10.7. The lowest BCUT2D eigenvalue weighted by atomic mass is 9.96. The van der Waals surface area contributed by atoms with E-state index in [4.69, 9.17) is 0 Å². The van der Waals surface area contributed by atoms with Crippen molar-refractivity contribution in [3.8, 4) is 0 Å². The van der Waals surface area contributed by atoms with E-state index in [0.717, 1.165) is 39.0 Å². The first-order valence-corrected chi connectivity index (χ1v) is 9.37. The van der Waals surface area contributed by atoms with Crippen molar-refractivity contribution in [3.63, 3.8) is 0 Å². The van der Waals surface area contributed by atoms with Crippen molar-refractivity contribution in [2.24, 2.45) is 11.8 Å². The van der Waals surface area contributed by atoms with E-state index in [1.54, 1.807) is 23.6 Å². The fourth-order valence-electron chi connectivity index (χ4n) is 3.68. The lowest BCUT2D eigenvalue weighted by Crippen LogP contribution is -2.41. The van der Waals surface area contributed by atoms with E-state index in [1.165, 1.54) is 0 Å². The third kappa shape index (κ3) is 4.91. The van der Waals surface area contributed by atoms with Gasteiger partial charge in [-0.05, 0) is 31.8 Å². The van der Waals surface area contributed by atoms with Crippen molar-refractivity contribution >= 4 is 11.8 Å².